The van der Waals surface area contributed by atoms with Gasteiger partial charge in [0.15, 0.2) is 9.84 Å². The van der Waals surface area contributed by atoms with E-state index in [1.807, 2.05) is 6.92 Å². The molecule has 6 nitrogen and oxygen atoms in total. The van der Waals surface area contributed by atoms with Crippen LogP contribution in [0.25, 0.3) is 0 Å². The quantitative estimate of drug-likeness (QED) is 0.849. The fourth-order valence-electron chi connectivity index (χ4n) is 4.48. The Hall–Kier alpha value is -1.02. The Bertz CT molecular complexity index is 781. The Kier molecular flexibility index (Phi) is 4.60. The fourth-order valence-corrected chi connectivity index (χ4v) is 7.57. The van der Waals surface area contributed by atoms with Crippen LogP contribution in [-0.4, -0.2) is 41.4 Å². The second-order valence-corrected chi connectivity index (χ2v) is 10.9. The van der Waals surface area contributed by atoms with Crippen LogP contribution < -0.4 is 5.32 Å². The molecular weight excluding hydrogens is 358 g/mol. The van der Waals surface area contributed by atoms with E-state index in [9.17, 15) is 13.2 Å². The molecule has 1 N–H and O–H groups in total. The van der Waals surface area contributed by atoms with Crippen molar-refractivity contribution in [2.75, 3.05) is 22.6 Å². The van der Waals surface area contributed by atoms with E-state index < -0.39 is 9.84 Å². The average molecular weight is 384 g/mol. The summed E-state index contributed by atoms with van der Waals surface area (Å²) in [7, 11) is -3.00. The summed E-state index contributed by atoms with van der Waals surface area (Å²) < 4.78 is 25.6. The second-order valence-electron chi connectivity index (χ2n) is 7.53. The summed E-state index contributed by atoms with van der Waals surface area (Å²) in [5.41, 5.74) is 2.07. The first-order chi connectivity index (χ1) is 11.9. The zero-order valence-corrected chi connectivity index (χ0v) is 16.2. The molecule has 1 saturated carbocycles. The summed E-state index contributed by atoms with van der Waals surface area (Å²) in [6.07, 6.45) is 6.80. The summed E-state index contributed by atoms with van der Waals surface area (Å²) in [4.78, 5) is 12.3. The van der Waals surface area contributed by atoms with Crippen molar-refractivity contribution in [1.29, 1.82) is 0 Å². The maximum Gasteiger partial charge on any atom is 0.235 e. The molecule has 1 aromatic heterocycles. The van der Waals surface area contributed by atoms with Gasteiger partial charge in [-0.3, -0.25) is 4.79 Å². The second kappa shape index (κ2) is 6.61. The lowest BCUT2D eigenvalue weighted by Gasteiger charge is -2.29. The van der Waals surface area contributed by atoms with Gasteiger partial charge in [-0.1, -0.05) is 19.3 Å². The van der Waals surface area contributed by atoms with Crippen LogP contribution in [-0.2, 0) is 14.6 Å². The van der Waals surface area contributed by atoms with Crippen LogP contribution in [0.3, 0.4) is 0 Å². The Morgan fingerprint density at radius 1 is 1.20 bits per heavy atom. The lowest BCUT2D eigenvalue weighted by molar-refractivity contribution is -0.113. The number of nitrogens with zero attached hydrogens (tertiary/aromatic N) is 2. The number of hydrogen-bond donors (Lipinski definition) is 1. The van der Waals surface area contributed by atoms with Crippen molar-refractivity contribution in [2.45, 2.75) is 56.7 Å². The summed E-state index contributed by atoms with van der Waals surface area (Å²) in [6, 6.07) is -0.164. The molecule has 25 heavy (non-hydrogen) atoms. The van der Waals surface area contributed by atoms with Gasteiger partial charge < -0.3 is 5.32 Å². The van der Waals surface area contributed by atoms with E-state index >= 15 is 0 Å². The lowest BCUT2D eigenvalue weighted by atomic mass is 9.84. The number of anilines is 1. The third kappa shape index (κ3) is 3.35. The minimum absolute atomic E-state index is 0.00781. The highest BCUT2D eigenvalue weighted by Gasteiger charge is 2.38. The first-order valence-corrected chi connectivity index (χ1v) is 12.0. The van der Waals surface area contributed by atoms with Gasteiger partial charge in [-0.25, -0.2) is 13.1 Å². The minimum Gasteiger partial charge on any atom is -0.310 e. The van der Waals surface area contributed by atoms with E-state index in [1.54, 1.807) is 16.4 Å². The third-order valence-electron chi connectivity index (χ3n) is 5.70. The van der Waals surface area contributed by atoms with Crippen LogP contribution in [0.1, 0.15) is 61.1 Å². The molecule has 0 spiro atoms. The number of sulfone groups is 1. The Morgan fingerprint density at radius 3 is 2.64 bits per heavy atom. The van der Waals surface area contributed by atoms with Crippen molar-refractivity contribution < 1.29 is 13.2 Å². The molecule has 0 radical (unpaired) electrons. The molecule has 1 aromatic rings. The molecule has 8 heteroatoms. The zero-order chi connectivity index (χ0) is 17.6. The number of amides is 1. The standard InChI is InChI=1S/C17H25N3O3S2/c1-11-15-16(12-5-3-2-4-6-12)24-9-14(21)18-17(15)20(19-11)13-7-8-25(22,23)10-13/h12-13,16H,2-10H2,1H3,(H,18,21)/t13-,16-/m1/s1. The maximum atomic E-state index is 12.3. The number of carbonyl (C=O) groups excluding carboxylic acids is 1. The predicted octanol–water partition coefficient (Wildman–Crippen LogP) is 2.86. The van der Waals surface area contributed by atoms with Gasteiger partial charge in [-0.15, -0.1) is 11.8 Å². The first kappa shape index (κ1) is 17.4. The van der Waals surface area contributed by atoms with Gasteiger partial charge in [0.2, 0.25) is 5.91 Å². The van der Waals surface area contributed by atoms with Crippen molar-refractivity contribution >= 4 is 33.3 Å². The number of hydrogen-bond acceptors (Lipinski definition) is 5. The van der Waals surface area contributed by atoms with Crippen LogP contribution in [0.5, 0.6) is 0 Å². The maximum absolute atomic E-state index is 12.3. The van der Waals surface area contributed by atoms with Crippen molar-refractivity contribution in [3.05, 3.63) is 11.3 Å². The van der Waals surface area contributed by atoms with Gasteiger partial charge in [-0.05, 0) is 32.1 Å². The summed E-state index contributed by atoms with van der Waals surface area (Å²) >= 11 is 1.73. The highest BCUT2D eigenvalue weighted by atomic mass is 32.2. The van der Waals surface area contributed by atoms with E-state index in [0.717, 1.165) is 17.1 Å². The number of fused-ring (bicyclic) bond motifs is 1. The number of aryl methyl sites for hydroxylation is 1. The van der Waals surface area contributed by atoms with Gasteiger partial charge in [0.1, 0.15) is 5.82 Å². The highest BCUT2D eigenvalue weighted by molar-refractivity contribution is 8.00. The molecular formula is C17H25N3O3S2. The van der Waals surface area contributed by atoms with Gasteiger partial charge in [0.25, 0.3) is 0 Å². The van der Waals surface area contributed by atoms with E-state index in [2.05, 4.69) is 10.4 Å². The summed E-state index contributed by atoms with van der Waals surface area (Å²) in [6.45, 7) is 1.99. The van der Waals surface area contributed by atoms with Crippen LogP contribution in [0.2, 0.25) is 0 Å². The average Bonchev–Trinajstić information content (AvgIpc) is 3.03. The van der Waals surface area contributed by atoms with Gasteiger partial charge in [0, 0.05) is 10.8 Å². The van der Waals surface area contributed by atoms with Crippen LogP contribution in [0.15, 0.2) is 0 Å². The van der Waals surface area contributed by atoms with E-state index in [1.165, 1.54) is 32.1 Å². The minimum atomic E-state index is -3.00. The molecule has 138 valence electrons. The number of aromatic nitrogens is 2. The molecule has 4 rings (SSSR count). The molecule has 1 saturated heterocycles. The van der Waals surface area contributed by atoms with Crippen LogP contribution in [0, 0.1) is 12.8 Å². The summed E-state index contributed by atoms with van der Waals surface area (Å²) in [5.74, 6) is 2.11. The van der Waals surface area contributed by atoms with E-state index in [4.69, 9.17) is 0 Å². The normalized spacial score (nSPS) is 29.9. The predicted molar refractivity (Wildman–Crippen MR) is 99.7 cm³/mol. The van der Waals surface area contributed by atoms with Crippen molar-refractivity contribution in [3.8, 4) is 0 Å². The Morgan fingerprint density at radius 2 is 1.96 bits per heavy atom. The molecule has 2 aliphatic heterocycles. The molecule has 0 aromatic carbocycles. The van der Waals surface area contributed by atoms with Crippen LogP contribution in [0.4, 0.5) is 5.82 Å². The molecule has 2 fully saturated rings. The molecule has 3 heterocycles. The first-order valence-electron chi connectivity index (χ1n) is 9.15. The molecule has 1 aliphatic carbocycles. The van der Waals surface area contributed by atoms with Crippen molar-refractivity contribution in [3.63, 3.8) is 0 Å². The SMILES string of the molecule is Cc1nn([C@@H]2CCS(=O)(=O)C2)c2c1[C@@H](C1CCCCC1)SCC(=O)N2. The van der Waals surface area contributed by atoms with E-state index in [-0.39, 0.29) is 28.7 Å². The number of thioether (sulfide) groups is 1. The smallest absolute Gasteiger partial charge is 0.235 e. The molecule has 3 aliphatic rings. The molecule has 0 unspecified atom stereocenters. The fraction of sp³-hybridized carbons (Fsp3) is 0.765. The van der Waals surface area contributed by atoms with Gasteiger partial charge in [0.05, 0.1) is 29.0 Å². The van der Waals surface area contributed by atoms with Gasteiger partial charge >= 0.3 is 0 Å². The molecule has 2 atom stereocenters. The molecule has 1 amide bonds. The van der Waals surface area contributed by atoms with E-state index in [0.29, 0.717) is 18.1 Å². The monoisotopic (exact) mass is 383 g/mol. The zero-order valence-electron chi connectivity index (χ0n) is 14.5. The highest BCUT2D eigenvalue weighted by Crippen LogP contribution is 2.48. The van der Waals surface area contributed by atoms with Crippen molar-refractivity contribution in [1.82, 2.24) is 9.78 Å². The topological polar surface area (TPSA) is 81.1 Å². The number of nitrogens with one attached hydrogen (secondary N) is 1. The van der Waals surface area contributed by atoms with Crippen molar-refractivity contribution in [2.24, 2.45) is 5.92 Å². The third-order valence-corrected chi connectivity index (χ3v) is 8.86. The molecule has 0 bridgehead atoms. The Labute approximate surface area is 153 Å². The van der Waals surface area contributed by atoms with Crippen LogP contribution >= 0.6 is 11.8 Å². The lowest BCUT2D eigenvalue weighted by Crippen LogP contribution is -2.20. The Balaban J connectivity index is 1.74. The number of rotatable bonds is 2. The summed E-state index contributed by atoms with van der Waals surface area (Å²) in [5, 5.41) is 7.99. The largest absolute Gasteiger partial charge is 0.310 e. The van der Waals surface area contributed by atoms with Gasteiger partial charge in [-0.2, -0.15) is 5.10 Å². The number of carbonyl (C=O) groups is 1.